The van der Waals surface area contributed by atoms with Crippen molar-refractivity contribution in [1.82, 2.24) is 14.7 Å². The first kappa shape index (κ1) is 16.4. The number of hydrogen-bond acceptors (Lipinski definition) is 6. The largest absolute Gasteiger partial charge is 0.344 e. The van der Waals surface area contributed by atoms with Crippen LogP contribution in [0.15, 0.2) is 53.0 Å². The lowest BCUT2D eigenvalue weighted by Gasteiger charge is -2.24. The summed E-state index contributed by atoms with van der Waals surface area (Å²) in [6.07, 6.45) is 5.39. The Bertz CT molecular complexity index is 968. The summed E-state index contributed by atoms with van der Waals surface area (Å²) in [5.74, 6) is 0. The van der Waals surface area contributed by atoms with Crippen LogP contribution in [0.4, 0.5) is 5.13 Å². The van der Waals surface area contributed by atoms with Crippen molar-refractivity contribution in [3.63, 3.8) is 0 Å². The van der Waals surface area contributed by atoms with Gasteiger partial charge in [0.05, 0.1) is 5.52 Å². The average Bonchev–Trinajstić information content (AvgIpc) is 3.30. The first-order valence-electron chi connectivity index (χ1n) is 8.15. The number of nitrogens with zero attached hydrogens (tertiary/aromatic N) is 3. The van der Waals surface area contributed by atoms with Crippen LogP contribution in [-0.4, -0.2) is 37.5 Å². The van der Waals surface area contributed by atoms with Crippen LogP contribution in [-0.2, 0) is 10.0 Å². The number of para-hydroxylation sites is 1. The number of sulfonamides is 1. The first-order valence-corrected chi connectivity index (χ1v) is 10.5. The van der Waals surface area contributed by atoms with E-state index in [0.717, 1.165) is 29.9 Å². The number of anilines is 1. The fraction of sp³-hybridized carbons (Fsp3) is 0.294. The molecular formula is C17H18N4O2S2. The van der Waals surface area contributed by atoms with Gasteiger partial charge < -0.3 is 4.90 Å². The van der Waals surface area contributed by atoms with E-state index < -0.39 is 10.0 Å². The van der Waals surface area contributed by atoms with Gasteiger partial charge in [-0.1, -0.05) is 18.2 Å². The standard InChI is InChI=1S/C17H18N4O2S2/c22-25(23,15-7-1-4-13-5-2-8-18-16(13)15)20-12-14-6-3-10-21(14)17-19-9-11-24-17/h1-2,4-5,7-9,11,14,20H,3,6,10,12H2. The molecule has 25 heavy (non-hydrogen) atoms. The van der Waals surface area contributed by atoms with Crippen LogP contribution in [0.2, 0.25) is 0 Å². The highest BCUT2D eigenvalue weighted by molar-refractivity contribution is 7.89. The molecule has 6 nitrogen and oxygen atoms in total. The highest BCUT2D eigenvalue weighted by atomic mass is 32.2. The van der Waals surface area contributed by atoms with E-state index in [1.807, 2.05) is 17.5 Å². The molecule has 0 radical (unpaired) electrons. The molecular weight excluding hydrogens is 356 g/mol. The molecule has 130 valence electrons. The summed E-state index contributed by atoms with van der Waals surface area (Å²) in [6.45, 7) is 1.28. The van der Waals surface area contributed by atoms with Crippen LogP contribution in [0, 0.1) is 0 Å². The second-order valence-electron chi connectivity index (χ2n) is 5.99. The highest BCUT2D eigenvalue weighted by Gasteiger charge is 2.28. The van der Waals surface area contributed by atoms with Crippen molar-refractivity contribution in [1.29, 1.82) is 0 Å². The molecule has 0 amide bonds. The van der Waals surface area contributed by atoms with E-state index in [0.29, 0.717) is 12.1 Å². The van der Waals surface area contributed by atoms with E-state index in [-0.39, 0.29) is 10.9 Å². The number of aromatic nitrogens is 2. The van der Waals surface area contributed by atoms with E-state index in [1.165, 1.54) is 0 Å². The second-order valence-corrected chi connectivity index (χ2v) is 8.60. The number of pyridine rings is 1. The third-order valence-electron chi connectivity index (χ3n) is 4.44. The molecule has 1 aliphatic heterocycles. The number of fused-ring (bicyclic) bond motifs is 1. The summed E-state index contributed by atoms with van der Waals surface area (Å²) in [4.78, 5) is 11.0. The molecule has 3 aromatic rings. The maximum Gasteiger partial charge on any atom is 0.242 e. The molecule has 0 aliphatic carbocycles. The Morgan fingerprint density at radius 1 is 1.20 bits per heavy atom. The normalized spacial score (nSPS) is 18.1. The maximum atomic E-state index is 12.8. The first-order chi connectivity index (χ1) is 12.1. The van der Waals surface area contributed by atoms with E-state index >= 15 is 0 Å². The van der Waals surface area contributed by atoms with Gasteiger partial charge in [0.2, 0.25) is 10.0 Å². The average molecular weight is 374 g/mol. The summed E-state index contributed by atoms with van der Waals surface area (Å²) in [7, 11) is -3.62. The smallest absolute Gasteiger partial charge is 0.242 e. The lowest BCUT2D eigenvalue weighted by molar-refractivity contribution is 0.567. The third kappa shape index (κ3) is 3.24. The van der Waals surface area contributed by atoms with Crippen LogP contribution in [0.5, 0.6) is 0 Å². The van der Waals surface area contributed by atoms with E-state index in [2.05, 4.69) is 19.6 Å². The predicted molar refractivity (Wildman–Crippen MR) is 99.4 cm³/mol. The minimum Gasteiger partial charge on any atom is -0.344 e. The number of benzene rings is 1. The summed E-state index contributed by atoms with van der Waals surface area (Å²) in [5.41, 5.74) is 0.501. The predicted octanol–water partition coefficient (Wildman–Crippen LogP) is 2.64. The molecule has 0 spiro atoms. The number of rotatable bonds is 5. The number of thiazole rings is 1. The van der Waals surface area contributed by atoms with Crippen LogP contribution >= 0.6 is 11.3 Å². The Morgan fingerprint density at radius 2 is 2.08 bits per heavy atom. The zero-order chi connectivity index (χ0) is 17.3. The quantitative estimate of drug-likeness (QED) is 0.743. The van der Waals surface area contributed by atoms with Gasteiger partial charge in [-0.2, -0.15) is 0 Å². The summed E-state index contributed by atoms with van der Waals surface area (Å²) in [6, 6.07) is 9.01. The maximum absolute atomic E-state index is 12.8. The van der Waals surface area contributed by atoms with Crippen molar-refractivity contribution in [2.24, 2.45) is 0 Å². The van der Waals surface area contributed by atoms with Crippen molar-refractivity contribution in [2.75, 3.05) is 18.0 Å². The molecule has 1 aliphatic rings. The van der Waals surface area contributed by atoms with Gasteiger partial charge in [0.15, 0.2) is 5.13 Å². The molecule has 1 unspecified atom stereocenters. The minimum absolute atomic E-state index is 0.129. The molecule has 1 saturated heterocycles. The lowest BCUT2D eigenvalue weighted by Crippen LogP contribution is -2.40. The van der Waals surface area contributed by atoms with E-state index in [1.54, 1.807) is 41.9 Å². The van der Waals surface area contributed by atoms with Gasteiger partial charge in [-0.15, -0.1) is 11.3 Å². The molecule has 4 rings (SSSR count). The molecule has 0 bridgehead atoms. The van der Waals surface area contributed by atoms with Crippen LogP contribution in [0.1, 0.15) is 12.8 Å². The zero-order valence-electron chi connectivity index (χ0n) is 13.5. The molecule has 2 aromatic heterocycles. The fourth-order valence-electron chi connectivity index (χ4n) is 3.23. The summed E-state index contributed by atoms with van der Waals surface area (Å²) < 4.78 is 28.4. The van der Waals surface area contributed by atoms with Crippen LogP contribution < -0.4 is 9.62 Å². The van der Waals surface area contributed by atoms with E-state index in [9.17, 15) is 8.42 Å². The van der Waals surface area contributed by atoms with Crippen molar-refractivity contribution < 1.29 is 8.42 Å². The van der Waals surface area contributed by atoms with Gasteiger partial charge in [0.1, 0.15) is 4.90 Å². The van der Waals surface area contributed by atoms with Gasteiger partial charge >= 0.3 is 0 Å². The van der Waals surface area contributed by atoms with Crippen LogP contribution in [0.3, 0.4) is 0 Å². The SMILES string of the molecule is O=S(=O)(NCC1CCCN1c1nccs1)c1cccc2cccnc12. The van der Waals surface area contributed by atoms with Crippen molar-refractivity contribution in [2.45, 2.75) is 23.8 Å². The molecule has 1 N–H and O–H groups in total. The Kier molecular flexibility index (Phi) is 4.41. The minimum atomic E-state index is -3.62. The Hall–Kier alpha value is -2.03. The van der Waals surface area contributed by atoms with Gasteiger partial charge in [-0.05, 0) is 25.0 Å². The Balaban J connectivity index is 1.55. The van der Waals surface area contributed by atoms with Gasteiger partial charge in [-0.3, -0.25) is 4.98 Å². The van der Waals surface area contributed by atoms with Crippen molar-refractivity contribution >= 4 is 37.4 Å². The molecule has 0 saturated carbocycles. The van der Waals surface area contributed by atoms with Gasteiger partial charge in [-0.25, -0.2) is 18.1 Å². The summed E-state index contributed by atoms with van der Waals surface area (Å²) in [5, 5.41) is 3.71. The van der Waals surface area contributed by atoms with Crippen molar-refractivity contribution in [3.05, 3.63) is 48.1 Å². The topological polar surface area (TPSA) is 75.2 Å². The number of hydrogen-bond donors (Lipinski definition) is 1. The molecule has 1 atom stereocenters. The monoisotopic (exact) mass is 374 g/mol. The Labute approximate surface area is 150 Å². The fourth-order valence-corrected chi connectivity index (χ4v) is 5.23. The number of nitrogens with one attached hydrogen (secondary N) is 1. The Morgan fingerprint density at radius 3 is 2.92 bits per heavy atom. The van der Waals surface area contributed by atoms with Gasteiger partial charge in [0.25, 0.3) is 0 Å². The molecule has 1 fully saturated rings. The molecule has 1 aromatic carbocycles. The molecule has 8 heteroatoms. The lowest BCUT2D eigenvalue weighted by atomic mass is 10.2. The van der Waals surface area contributed by atoms with Gasteiger partial charge in [0, 0.05) is 42.3 Å². The van der Waals surface area contributed by atoms with E-state index in [4.69, 9.17) is 0 Å². The third-order valence-corrected chi connectivity index (χ3v) is 6.70. The van der Waals surface area contributed by atoms with Crippen LogP contribution in [0.25, 0.3) is 10.9 Å². The van der Waals surface area contributed by atoms with Crippen molar-refractivity contribution in [3.8, 4) is 0 Å². The molecule has 3 heterocycles. The zero-order valence-corrected chi connectivity index (χ0v) is 15.1. The summed E-state index contributed by atoms with van der Waals surface area (Å²) >= 11 is 1.58. The highest BCUT2D eigenvalue weighted by Crippen LogP contribution is 2.27. The second kappa shape index (κ2) is 6.70.